The van der Waals surface area contributed by atoms with Crippen LogP contribution in [0.15, 0.2) is 42.5 Å². The molecular weight excluding hydrogens is 344 g/mol. The molecule has 1 unspecified atom stereocenters. The van der Waals surface area contributed by atoms with Gasteiger partial charge >= 0.3 is 5.97 Å². The molecule has 0 spiro atoms. The molecule has 0 aliphatic carbocycles. The summed E-state index contributed by atoms with van der Waals surface area (Å²) in [4.78, 5) is 11.8. The minimum Gasteiger partial charge on any atom is -0.497 e. The molecule has 0 bridgehead atoms. The van der Waals surface area contributed by atoms with E-state index in [1.807, 2.05) is 18.2 Å². The molecule has 0 aliphatic rings. The Labute approximate surface area is 160 Å². The summed E-state index contributed by atoms with van der Waals surface area (Å²) in [5.74, 6) is 0.519. The van der Waals surface area contributed by atoms with Gasteiger partial charge in [0.05, 0.1) is 26.7 Å². The quantitative estimate of drug-likeness (QED) is 0.580. The van der Waals surface area contributed by atoms with Crippen LogP contribution in [0.5, 0.6) is 17.2 Å². The smallest absolute Gasteiger partial charge is 0.311 e. The lowest BCUT2D eigenvalue weighted by molar-refractivity contribution is -0.138. The van der Waals surface area contributed by atoms with Crippen LogP contribution in [0.2, 0.25) is 0 Å². The molecule has 0 aromatic heterocycles. The number of carboxylic acids is 1. The highest BCUT2D eigenvalue weighted by molar-refractivity contribution is 5.76. The van der Waals surface area contributed by atoms with Crippen LogP contribution in [-0.4, -0.2) is 31.9 Å². The van der Waals surface area contributed by atoms with Crippen LogP contribution in [0, 0.1) is 0 Å². The monoisotopic (exact) mass is 372 g/mol. The molecule has 0 heterocycles. The highest BCUT2D eigenvalue weighted by Gasteiger charge is 2.21. The largest absolute Gasteiger partial charge is 0.497 e. The van der Waals surface area contributed by atoms with Crippen LogP contribution in [0.1, 0.15) is 43.2 Å². The van der Waals surface area contributed by atoms with E-state index in [-0.39, 0.29) is 0 Å². The van der Waals surface area contributed by atoms with Crippen molar-refractivity contribution in [3.05, 3.63) is 53.6 Å². The standard InChI is InChI=1S/C22H28O5/c1-4-5-6-13-27-21-15-16(7-12-20(21)26-3)14-19(22(23)24)17-8-10-18(25-2)11-9-17/h7-12,15,19H,4-6,13-14H2,1-3H3,(H,23,24). The van der Waals surface area contributed by atoms with E-state index in [1.54, 1.807) is 38.5 Å². The number of rotatable bonds is 11. The molecule has 2 aromatic carbocycles. The Hall–Kier alpha value is -2.69. The molecule has 5 nitrogen and oxygen atoms in total. The number of unbranched alkanes of at least 4 members (excludes halogenated alkanes) is 2. The Morgan fingerprint density at radius 2 is 1.74 bits per heavy atom. The number of ether oxygens (including phenoxy) is 3. The zero-order valence-corrected chi connectivity index (χ0v) is 16.2. The second kappa shape index (κ2) is 10.5. The Kier molecular flexibility index (Phi) is 7.99. The highest BCUT2D eigenvalue weighted by atomic mass is 16.5. The van der Waals surface area contributed by atoms with E-state index in [9.17, 15) is 9.90 Å². The zero-order chi connectivity index (χ0) is 19.6. The maximum absolute atomic E-state index is 11.8. The van der Waals surface area contributed by atoms with Gasteiger partial charge in [-0.1, -0.05) is 38.0 Å². The van der Waals surface area contributed by atoms with Crippen LogP contribution < -0.4 is 14.2 Å². The third-order valence-electron chi connectivity index (χ3n) is 4.49. The van der Waals surface area contributed by atoms with Gasteiger partial charge in [0.1, 0.15) is 5.75 Å². The van der Waals surface area contributed by atoms with Crippen LogP contribution >= 0.6 is 0 Å². The molecule has 27 heavy (non-hydrogen) atoms. The van der Waals surface area contributed by atoms with Gasteiger partial charge in [0.2, 0.25) is 0 Å². The molecule has 146 valence electrons. The molecule has 5 heteroatoms. The molecule has 2 rings (SSSR count). The molecule has 2 aromatic rings. The summed E-state index contributed by atoms with van der Waals surface area (Å²) in [5.41, 5.74) is 1.63. The fourth-order valence-corrected chi connectivity index (χ4v) is 2.91. The SMILES string of the molecule is CCCCCOc1cc(CC(C(=O)O)c2ccc(OC)cc2)ccc1OC. The lowest BCUT2D eigenvalue weighted by Crippen LogP contribution is -2.14. The van der Waals surface area contributed by atoms with Crippen molar-refractivity contribution in [1.29, 1.82) is 0 Å². The Morgan fingerprint density at radius 3 is 2.33 bits per heavy atom. The van der Waals surface area contributed by atoms with Gasteiger partial charge in [-0.05, 0) is 48.2 Å². The predicted octanol–water partition coefficient (Wildman–Crippen LogP) is 4.68. The lowest BCUT2D eigenvalue weighted by Gasteiger charge is -2.16. The first-order valence-corrected chi connectivity index (χ1v) is 9.25. The Morgan fingerprint density at radius 1 is 1.00 bits per heavy atom. The first-order valence-electron chi connectivity index (χ1n) is 9.25. The number of aliphatic carboxylic acids is 1. The summed E-state index contributed by atoms with van der Waals surface area (Å²) < 4.78 is 16.4. The van der Waals surface area contributed by atoms with Crippen molar-refractivity contribution >= 4 is 5.97 Å². The summed E-state index contributed by atoms with van der Waals surface area (Å²) in [6.45, 7) is 2.76. The number of carbonyl (C=O) groups is 1. The van der Waals surface area contributed by atoms with Crippen molar-refractivity contribution < 1.29 is 24.1 Å². The van der Waals surface area contributed by atoms with Crippen LogP contribution in [0.4, 0.5) is 0 Å². The van der Waals surface area contributed by atoms with Crippen LogP contribution in [0.25, 0.3) is 0 Å². The first-order chi connectivity index (χ1) is 13.1. The predicted molar refractivity (Wildman–Crippen MR) is 105 cm³/mol. The Balaban J connectivity index is 2.17. The minimum absolute atomic E-state index is 0.372. The maximum Gasteiger partial charge on any atom is 0.311 e. The molecule has 0 fully saturated rings. The molecule has 0 saturated heterocycles. The van der Waals surface area contributed by atoms with E-state index in [0.717, 1.165) is 30.4 Å². The van der Waals surface area contributed by atoms with Crippen molar-refractivity contribution in [1.82, 2.24) is 0 Å². The lowest BCUT2D eigenvalue weighted by atomic mass is 9.92. The average Bonchev–Trinajstić information content (AvgIpc) is 2.69. The number of benzene rings is 2. The fraction of sp³-hybridized carbons (Fsp3) is 0.409. The van der Waals surface area contributed by atoms with Crippen LogP contribution in [-0.2, 0) is 11.2 Å². The first kappa shape index (κ1) is 20.6. The maximum atomic E-state index is 11.8. The summed E-state index contributed by atoms with van der Waals surface area (Å²) in [6.07, 6.45) is 3.59. The summed E-state index contributed by atoms with van der Waals surface area (Å²) in [5, 5.41) is 9.70. The van der Waals surface area contributed by atoms with Crippen LogP contribution in [0.3, 0.4) is 0 Å². The summed E-state index contributed by atoms with van der Waals surface area (Å²) in [6, 6.07) is 12.7. The summed E-state index contributed by atoms with van der Waals surface area (Å²) in [7, 11) is 3.19. The van der Waals surface area contributed by atoms with Gasteiger partial charge in [-0.25, -0.2) is 0 Å². The van der Waals surface area contributed by atoms with Crippen molar-refractivity contribution in [2.75, 3.05) is 20.8 Å². The third kappa shape index (κ3) is 5.91. The number of hydrogen-bond donors (Lipinski definition) is 1. The molecule has 1 atom stereocenters. The van der Waals surface area contributed by atoms with Crippen molar-refractivity contribution in [2.45, 2.75) is 38.5 Å². The highest BCUT2D eigenvalue weighted by Crippen LogP contribution is 2.31. The molecule has 0 aliphatic heterocycles. The molecular formula is C22H28O5. The van der Waals surface area contributed by atoms with Gasteiger partial charge in [-0.3, -0.25) is 4.79 Å². The number of hydrogen-bond acceptors (Lipinski definition) is 4. The Bertz CT molecular complexity index is 724. The van der Waals surface area contributed by atoms with E-state index >= 15 is 0 Å². The van der Waals surface area contributed by atoms with Crippen molar-refractivity contribution in [3.8, 4) is 17.2 Å². The fourth-order valence-electron chi connectivity index (χ4n) is 2.91. The van der Waals surface area contributed by atoms with Gasteiger partial charge < -0.3 is 19.3 Å². The van der Waals surface area contributed by atoms with Gasteiger partial charge in [-0.2, -0.15) is 0 Å². The molecule has 0 amide bonds. The second-order valence-electron chi connectivity index (χ2n) is 6.41. The zero-order valence-electron chi connectivity index (χ0n) is 16.2. The summed E-state index contributed by atoms with van der Waals surface area (Å²) >= 11 is 0. The molecule has 1 N–H and O–H groups in total. The van der Waals surface area contributed by atoms with E-state index in [4.69, 9.17) is 14.2 Å². The average molecular weight is 372 g/mol. The van der Waals surface area contributed by atoms with E-state index in [2.05, 4.69) is 6.92 Å². The van der Waals surface area contributed by atoms with Gasteiger partial charge in [0.15, 0.2) is 11.5 Å². The minimum atomic E-state index is -0.860. The van der Waals surface area contributed by atoms with Crippen molar-refractivity contribution in [3.63, 3.8) is 0 Å². The number of methoxy groups -OCH3 is 2. The van der Waals surface area contributed by atoms with Gasteiger partial charge in [0, 0.05) is 0 Å². The van der Waals surface area contributed by atoms with E-state index in [1.165, 1.54) is 0 Å². The third-order valence-corrected chi connectivity index (χ3v) is 4.49. The second-order valence-corrected chi connectivity index (χ2v) is 6.41. The topological polar surface area (TPSA) is 65.0 Å². The molecule has 0 radical (unpaired) electrons. The van der Waals surface area contributed by atoms with Gasteiger partial charge in [0.25, 0.3) is 0 Å². The van der Waals surface area contributed by atoms with E-state index < -0.39 is 11.9 Å². The number of carboxylic acid groups (broad SMARTS) is 1. The van der Waals surface area contributed by atoms with E-state index in [0.29, 0.717) is 30.3 Å². The normalized spacial score (nSPS) is 11.7. The molecule has 0 saturated carbocycles. The van der Waals surface area contributed by atoms with Crippen molar-refractivity contribution in [2.24, 2.45) is 0 Å². The van der Waals surface area contributed by atoms with Gasteiger partial charge in [-0.15, -0.1) is 0 Å².